The summed E-state index contributed by atoms with van der Waals surface area (Å²) in [5, 5.41) is 8.03. The van der Waals surface area contributed by atoms with Gasteiger partial charge in [-0.1, -0.05) is 0 Å². The number of nitrogens with one attached hydrogen (secondary N) is 1. The van der Waals surface area contributed by atoms with Crippen molar-refractivity contribution >= 4 is 17.0 Å². The molecule has 0 amide bonds. The molecule has 0 atom stereocenters. The fourth-order valence-electron chi connectivity index (χ4n) is 3.56. The smallest absolute Gasteiger partial charge is 0.264 e. The first-order valence-corrected chi connectivity index (χ1v) is 10.7. The third-order valence-electron chi connectivity index (χ3n) is 5.26. The van der Waals surface area contributed by atoms with E-state index < -0.39 is 0 Å². The van der Waals surface area contributed by atoms with Gasteiger partial charge in [-0.05, 0) is 31.2 Å². The van der Waals surface area contributed by atoms with Gasteiger partial charge in [0.05, 0.1) is 29.3 Å². The van der Waals surface area contributed by atoms with E-state index in [-0.39, 0.29) is 5.56 Å². The van der Waals surface area contributed by atoms with Crippen LogP contribution in [-0.2, 0) is 14.1 Å². The Balaban J connectivity index is 1.42. The number of fused-ring (bicyclic) bond motifs is 1. The molecule has 0 unspecified atom stereocenters. The highest BCUT2D eigenvalue weighted by Crippen LogP contribution is 2.27. The number of ether oxygens (including phenoxy) is 1. The van der Waals surface area contributed by atoms with Gasteiger partial charge in [0.1, 0.15) is 11.5 Å². The summed E-state index contributed by atoms with van der Waals surface area (Å²) >= 11 is 0. The Hall–Kier alpha value is -4.60. The minimum atomic E-state index is -0.181. The van der Waals surface area contributed by atoms with E-state index in [1.54, 1.807) is 42.5 Å². The number of aromatic nitrogens is 7. The first-order valence-electron chi connectivity index (χ1n) is 10.7. The highest BCUT2D eigenvalue weighted by Gasteiger charge is 2.12. The van der Waals surface area contributed by atoms with E-state index in [1.165, 1.54) is 10.8 Å². The third-order valence-corrected chi connectivity index (χ3v) is 5.26. The van der Waals surface area contributed by atoms with Gasteiger partial charge in [0.2, 0.25) is 5.95 Å². The van der Waals surface area contributed by atoms with Crippen LogP contribution in [0.2, 0.25) is 0 Å². The second-order valence-electron chi connectivity index (χ2n) is 7.69. The van der Waals surface area contributed by atoms with Gasteiger partial charge in [-0.15, -0.1) is 0 Å². The molecule has 0 radical (unpaired) electrons. The van der Waals surface area contributed by atoms with E-state index in [1.807, 2.05) is 38.4 Å². The maximum atomic E-state index is 12.8. The standard InChI is InChI=1S/C24H22N8O2/c1-4-25-24-28-13-19(23(33)32(24)3)20-6-5-15-9-18(12-27-22(15)30-20)34-17-7-8-26-21(10-17)16-11-29-31(2)14-16/h5-14H,4H2,1-3H3,(H,25,28). The summed E-state index contributed by atoms with van der Waals surface area (Å²) in [6, 6.07) is 9.14. The van der Waals surface area contributed by atoms with Crippen LogP contribution < -0.4 is 15.6 Å². The van der Waals surface area contributed by atoms with Crippen molar-refractivity contribution in [3.05, 3.63) is 71.7 Å². The Morgan fingerprint density at radius 1 is 0.971 bits per heavy atom. The highest BCUT2D eigenvalue weighted by atomic mass is 16.5. The zero-order valence-electron chi connectivity index (χ0n) is 18.9. The molecule has 0 saturated carbocycles. The van der Waals surface area contributed by atoms with E-state index in [2.05, 4.69) is 30.4 Å². The first kappa shape index (κ1) is 21.3. The molecular formula is C24H22N8O2. The van der Waals surface area contributed by atoms with Crippen molar-refractivity contribution in [1.29, 1.82) is 0 Å². The molecule has 34 heavy (non-hydrogen) atoms. The SMILES string of the molecule is CCNc1ncc(-c2ccc3cc(Oc4ccnc(-c5cnn(C)c5)c4)cnc3n2)c(=O)n1C. The minimum Gasteiger partial charge on any atom is -0.456 e. The molecule has 170 valence electrons. The van der Waals surface area contributed by atoms with Crippen LogP contribution in [0.4, 0.5) is 5.95 Å². The summed E-state index contributed by atoms with van der Waals surface area (Å²) in [6.45, 7) is 2.62. The highest BCUT2D eigenvalue weighted by molar-refractivity contribution is 5.79. The zero-order chi connectivity index (χ0) is 23.7. The molecule has 0 aliphatic heterocycles. The number of hydrogen-bond acceptors (Lipinski definition) is 8. The number of rotatable bonds is 6. The number of anilines is 1. The lowest BCUT2D eigenvalue weighted by Gasteiger charge is -2.10. The van der Waals surface area contributed by atoms with Crippen molar-refractivity contribution in [1.82, 2.24) is 34.3 Å². The van der Waals surface area contributed by atoms with E-state index in [0.29, 0.717) is 40.9 Å². The van der Waals surface area contributed by atoms with Crippen LogP contribution in [0.25, 0.3) is 33.5 Å². The number of nitrogens with zero attached hydrogens (tertiary/aromatic N) is 7. The average molecular weight is 454 g/mol. The Bertz CT molecular complexity index is 1560. The lowest BCUT2D eigenvalue weighted by atomic mass is 10.2. The molecule has 0 spiro atoms. The lowest BCUT2D eigenvalue weighted by molar-refractivity contribution is 0.481. The molecule has 0 fully saturated rings. The van der Waals surface area contributed by atoms with Gasteiger partial charge in [0.15, 0.2) is 5.65 Å². The Morgan fingerprint density at radius 3 is 2.65 bits per heavy atom. The van der Waals surface area contributed by atoms with Crippen LogP contribution in [0.15, 0.2) is 66.1 Å². The molecule has 0 bridgehead atoms. The molecule has 10 nitrogen and oxygen atoms in total. The summed E-state index contributed by atoms with van der Waals surface area (Å²) in [6.07, 6.45) is 8.48. The average Bonchev–Trinajstić information content (AvgIpc) is 3.28. The van der Waals surface area contributed by atoms with Crippen LogP contribution in [0.5, 0.6) is 11.5 Å². The van der Waals surface area contributed by atoms with Gasteiger partial charge in [0.25, 0.3) is 5.56 Å². The number of aryl methyl sites for hydroxylation is 1. The van der Waals surface area contributed by atoms with Crippen LogP contribution >= 0.6 is 0 Å². The second kappa shape index (κ2) is 8.74. The van der Waals surface area contributed by atoms with Gasteiger partial charge in [-0.2, -0.15) is 5.10 Å². The van der Waals surface area contributed by atoms with Crippen LogP contribution in [-0.4, -0.2) is 40.8 Å². The van der Waals surface area contributed by atoms with Crippen molar-refractivity contribution in [2.75, 3.05) is 11.9 Å². The molecule has 5 aromatic heterocycles. The molecule has 10 heteroatoms. The number of pyridine rings is 3. The van der Waals surface area contributed by atoms with Gasteiger partial charge in [-0.25, -0.2) is 15.0 Å². The van der Waals surface area contributed by atoms with Crippen LogP contribution in [0.1, 0.15) is 6.92 Å². The maximum Gasteiger partial charge on any atom is 0.264 e. The number of hydrogen-bond donors (Lipinski definition) is 1. The molecule has 0 aliphatic carbocycles. The molecule has 0 aliphatic rings. The van der Waals surface area contributed by atoms with Gasteiger partial charge in [-0.3, -0.25) is 19.0 Å². The molecule has 5 rings (SSSR count). The molecule has 0 saturated heterocycles. The molecule has 5 aromatic rings. The fourth-order valence-corrected chi connectivity index (χ4v) is 3.56. The Labute approximate surface area is 194 Å². The molecule has 0 aromatic carbocycles. The summed E-state index contributed by atoms with van der Waals surface area (Å²) in [7, 11) is 3.54. The monoisotopic (exact) mass is 454 g/mol. The van der Waals surface area contributed by atoms with E-state index >= 15 is 0 Å². The normalized spacial score (nSPS) is 11.0. The Kier molecular flexibility index (Phi) is 5.46. The fraction of sp³-hybridized carbons (Fsp3) is 0.167. The Morgan fingerprint density at radius 2 is 1.85 bits per heavy atom. The third kappa shape index (κ3) is 4.08. The molecular weight excluding hydrogens is 432 g/mol. The second-order valence-corrected chi connectivity index (χ2v) is 7.69. The van der Waals surface area contributed by atoms with Gasteiger partial charge < -0.3 is 10.1 Å². The van der Waals surface area contributed by atoms with E-state index in [9.17, 15) is 4.79 Å². The van der Waals surface area contributed by atoms with Gasteiger partial charge in [0, 0.05) is 56.2 Å². The van der Waals surface area contributed by atoms with Gasteiger partial charge >= 0.3 is 0 Å². The quantitative estimate of drug-likeness (QED) is 0.415. The molecule has 1 N–H and O–H groups in total. The summed E-state index contributed by atoms with van der Waals surface area (Å²) < 4.78 is 9.21. The van der Waals surface area contributed by atoms with Crippen LogP contribution in [0, 0.1) is 0 Å². The molecule has 5 heterocycles. The first-order chi connectivity index (χ1) is 16.5. The zero-order valence-corrected chi connectivity index (χ0v) is 18.9. The predicted octanol–water partition coefficient (Wildman–Crippen LogP) is 3.41. The lowest BCUT2D eigenvalue weighted by Crippen LogP contribution is -2.23. The van der Waals surface area contributed by atoms with Crippen molar-refractivity contribution in [3.8, 4) is 34.0 Å². The van der Waals surface area contributed by atoms with Crippen molar-refractivity contribution in [2.24, 2.45) is 14.1 Å². The van der Waals surface area contributed by atoms with Crippen molar-refractivity contribution in [2.45, 2.75) is 6.92 Å². The summed E-state index contributed by atoms with van der Waals surface area (Å²) in [5.74, 6) is 1.72. The largest absolute Gasteiger partial charge is 0.456 e. The minimum absolute atomic E-state index is 0.181. The van der Waals surface area contributed by atoms with Crippen LogP contribution in [0.3, 0.4) is 0 Å². The maximum absolute atomic E-state index is 12.8. The summed E-state index contributed by atoms with van der Waals surface area (Å²) in [5.41, 5.74) is 2.92. The van der Waals surface area contributed by atoms with E-state index in [0.717, 1.165) is 16.6 Å². The predicted molar refractivity (Wildman–Crippen MR) is 129 cm³/mol. The van der Waals surface area contributed by atoms with E-state index in [4.69, 9.17) is 4.74 Å². The summed E-state index contributed by atoms with van der Waals surface area (Å²) in [4.78, 5) is 30.5. The van der Waals surface area contributed by atoms with Crippen molar-refractivity contribution in [3.63, 3.8) is 0 Å². The van der Waals surface area contributed by atoms with Crippen molar-refractivity contribution < 1.29 is 4.74 Å². The topological polar surface area (TPSA) is 113 Å².